The second-order valence-corrected chi connectivity index (χ2v) is 6.69. The van der Waals surface area contributed by atoms with Crippen LogP contribution in [-0.2, 0) is 6.42 Å². The van der Waals surface area contributed by atoms with E-state index in [-0.39, 0.29) is 11.9 Å². The van der Waals surface area contributed by atoms with E-state index in [1.54, 1.807) is 30.4 Å². The molecule has 0 aliphatic heterocycles. The molecular formula is C13H14BrFN2S. The van der Waals surface area contributed by atoms with Crippen molar-refractivity contribution < 1.29 is 4.39 Å². The molecule has 0 spiro atoms. The number of aryl methyl sites for hydroxylation is 1. The van der Waals surface area contributed by atoms with Crippen molar-refractivity contribution >= 4 is 27.3 Å². The summed E-state index contributed by atoms with van der Waals surface area (Å²) in [6.07, 6.45) is 0.745. The van der Waals surface area contributed by atoms with Crippen molar-refractivity contribution in [3.05, 3.63) is 55.9 Å². The Bertz CT molecular complexity index is 542. The molecule has 1 aromatic carbocycles. The molecule has 2 aromatic rings. The SMILES string of the molecule is Cc1ccc(C(Cc2ccc(Br)s2)NN)cc1F. The molecule has 1 unspecified atom stereocenters. The van der Waals surface area contributed by atoms with Gasteiger partial charge in [0.05, 0.1) is 9.83 Å². The largest absolute Gasteiger partial charge is 0.271 e. The van der Waals surface area contributed by atoms with Crippen LogP contribution in [0, 0.1) is 12.7 Å². The topological polar surface area (TPSA) is 38.0 Å². The highest BCUT2D eigenvalue weighted by Crippen LogP contribution is 2.27. The number of hydrogen-bond acceptors (Lipinski definition) is 3. The summed E-state index contributed by atoms with van der Waals surface area (Å²) < 4.78 is 14.6. The van der Waals surface area contributed by atoms with Crippen molar-refractivity contribution in [3.8, 4) is 0 Å². The lowest BCUT2D eigenvalue weighted by molar-refractivity contribution is 0.546. The molecule has 5 heteroatoms. The smallest absolute Gasteiger partial charge is 0.126 e. The van der Waals surface area contributed by atoms with Gasteiger partial charge in [0, 0.05) is 11.3 Å². The van der Waals surface area contributed by atoms with E-state index in [0.29, 0.717) is 5.56 Å². The zero-order valence-electron chi connectivity index (χ0n) is 9.91. The Morgan fingerprint density at radius 1 is 1.39 bits per heavy atom. The normalized spacial score (nSPS) is 12.7. The van der Waals surface area contributed by atoms with Crippen molar-refractivity contribution in [1.82, 2.24) is 5.43 Å². The molecule has 0 saturated carbocycles. The molecule has 0 saturated heterocycles. The zero-order valence-corrected chi connectivity index (χ0v) is 12.3. The van der Waals surface area contributed by atoms with Crippen LogP contribution in [0.15, 0.2) is 34.1 Å². The molecule has 96 valence electrons. The fourth-order valence-electron chi connectivity index (χ4n) is 1.76. The second-order valence-electron chi connectivity index (χ2n) is 4.14. The van der Waals surface area contributed by atoms with Crippen LogP contribution in [0.2, 0.25) is 0 Å². The van der Waals surface area contributed by atoms with Gasteiger partial charge in [-0.2, -0.15) is 0 Å². The van der Waals surface area contributed by atoms with Crippen LogP contribution >= 0.6 is 27.3 Å². The minimum atomic E-state index is -0.194. The molecule has 3 N–H and O–H groups in total. The Morgan fingerprint density at radius 3 is 2.72 bits per heavy atom. The number of thiophene rings is 1. The quantitative estimate of drug-likeness (QED) is 0.663. The number of rotatable bonds is 4. The first kappa shape index (κ1) is 13.7. The van der Waals surface area contributed by atoms with E-state index in [1.165, 1.54) is 4.88 Å². The van der Waals surface area contributed by atoms with Crippen molar-refractivity contribution in [1.29, 1.82) is 0 Å². The zero-order chi connectivity index (χ0) is 13.1. The Balaban J connectivity index is 2.19. The number of halogens is 2. The first-order chi connectivity index (χ1) is 8.60. The molecule has 0 radical (unpaired) electrons. The Kier molecular flexibility index (Phi) is 4.50. The fraction of sp³-hybridized carbons (Fsp3) is 0.231. The van der Waals surface area contributed by atoms with Gasteiger partial charge in [-0.25, -0.2) is 4.39 Å². The molecule has 1 heterocycles. The number of nitrogens with two attached hydrogens (primary N) is 1. The lowest BCUT2D eigenvalue weighted by Crippen LogP contribution is -2.29. The average Bonchev–Trinajstić information content (AvgIpc) is 2.75. The van der Waals surface area contributed by atoms with Crippen molar-refractivity contribution in [2.45, 2.75) is 19.4 Å². The van der Waals surface area contributed by atoms with Crippen LogP contribution in [-0.4, -0.2) is 0 Å². The van der Waals surface area contributed by atoms with E-state index in [0.717, 1.165) is 15.8 Å². The minimum Gasteiger partial charge on any atom is -0.271 e. The molecule has 0 aliphatic rings. The van der Waals surface area contributed by atoms with Crippen molar-refractivity contribution in [2.75, 3.05) is 0 Å². The first-order valence-corrected chi connectivity index (χ1v) is 7.17. The number of hydrogen-bond donors (Lipinski definition) is 2. The lowest BCUT2D eigenvalue weighted by Gasteiger charge is -2.16. The van der Waals surface area contributed by atoms with Gasteiger partial charge in [-0.15, -0.1) is 11.3 Å². The predicted octanol–water partition coefficient (Wildman–Crippen LogP) is 3.71. The molecule has 2 nitrogen and oxygen atoms in total. The highest BCUT2D eigenvalue weighted by atomic mass is 79.9. The summed E-state index contributed by atoms with van der Waals surface area (Å²) in [5, 5.41) is 0. The third-order valence-electron chi connectivity index (χ3n) is 2.83. The molecular weight excluding hydrogens is 315 g/mol. The van der Waals surface area contributed by atoms with E-state index in [4.69, 9.17) is 5.84 Å². The summed E-state index contributed by atoms with van der Waals surface area (Å²) in [6, 6.07) is 9.20. The van der Waals surface area contributed by atoms with Gasteiger partial charge in [-0.05, 0) is 52.2 Å². The van der Waals surface area contributed by atoms with Gasteiger partial charge in [-0.3, -0.25) is 11.3 Å². The van der Waals surface area contributed by atoms with Crippen LogP contribution in [0.25, 0.3) is 0 Å². The van der Waals surface area contributed by atoms with Crippen LogP contribution in [0.5, 0.6) is 0 Å². The maximum atomic E-state index is 13.5. The monoisotopic (exact) mass is 328 g/mol. The van der Waals surface area contributed by atoms with E-state index in [2.05, 4.69) is 21.4 Å². The number of hydrazine groups is 1. The summed E-state index contributed by atoms with van der Waals surface area (Å²) in [5.41, 5.74) is 4.26. The maximum Gasteiger partial charge on any atom is 0.126 e. The Morgan fingerprint density at radius 2 is 2.17 bits per heavy atom. The molecule has 1 atom stereocenters. The van der Waals surface area contributed by atoms with Crippen LogP contribution in [0.4, 0.5) is 4.39 Å². The van der Waals surface area contributed by atoms with Gasteiger partial charge in [0.2, 0.25) is 0 Å². The molecule has 1 aromatic heterocycles. The fourth-order valence-corrected chi connectivity index (χ4v) is 3.29. The summed E-state index contributed by atoms with van der Waals surface area (Å²) >= 11 is 5.09. The molecule has 0 fully saturated rings. The number of benzene rings is 1. The standard InChI is InChI=1S/C13H14BrFN2S/c1-8-2-3-9(6-11(8)15)12(17-16)7-10-4-5-13(14)18-10/h2-6,12,17H,7,16H2,1H3. The summed E-state index contributed by atoms with van der Waals surface area (Å²) in [7, 11) is 0. The Hall–Kier alpha value is -0.750. The minimum absolute atomic E-state index is 0.0781. The Labute approximate surface area is 118 Å². The van der Waals surface area contributed by atoms with E-state index >= 15 is 0 Å². The molecule has 0 amide bonds. The molecule has 0 aliphatic carbocycles. The third-order valence-corrected chi connectivity index (χ3v) is 4.48. The molecule has 18 heavy (non-hydrogen) atoms. The first-order valence-electron chi connectivity index (χ1n) is 5.56. The molecule has 2 rings (SSSR count). The third kappa shape index (κ3) is 3.17. The average molecular weight is 329 g/mol. The van der Waals surface area contributed by atoms with Gasteiger partial charge in [0.15, 0.2) is 0 Å². The van der Waals surface area contributed by atoms with Gasteiger partial charge >= 0.3 is 0 Å². The van der Waals surface area contributed by atoms with Gasteiger partial charge in [-0.1, -0.05) is 12.1 Å². The molecule has 0 bridgehead atoms. The maximum absolute atomic E-state index is 13.5. The van der Waals surface area contributed by atoms with Gasteiger partial charge < -0.3 is 0 Å². The highest BCUT2D eigenvalue weighted by molar-refractivity contribution is 9.11. The predicted molar refractivity (Wildman–Crippen MR) is 76.9 cm³/mol. The van der Waals surface area contributed by atoms with Crippen molar-refractivity contribution in [3.63, 3.8) is 0 Å². The summed E-state index contributed by atoms with van der Waals surface area (Å²) in [5.74, 6) is 5.37. The summed E-state index contributed by atoms with van der Waals surface area (Å²) in [4.78, 5) is 1.20. The van der Waals surface area contributed by atoms with Crippen LogP contribution in [0.3, 0.4) is 0 Å². The van der Waals surface area contributed by atoms with Crippen LogP contribution in [0.1, 0.15) is 22.0 Å². The second kappa shape index (κ2) is 5.93. The van der Waals surface area contributed by atoms with Gasteiger partial charge in [0.1, 0.15) is 5.82 Å². The van der Waals surface area contributed by atoms with E-state index in [1.807, 2.05) is 18.2 Å². The van der Waals surface area contributed by atoms with E-state index < -0.39 is 0 Å². The lowest BCUT2D eigenvalue weighted by atomic mass is 10.0. The van der Waals surface area contributed by atoms with Gasteiger partial charge in [0.25, 0.3) is 0 Å². The highest BCUT2D eigenvalue weighted by Gasteiger charge is 2.13. The summed E-state index contributed by atoms with van der Waals surface area (Å²) in [6.45, 7) is 1.75. The van der Waals surface area contributed by atoms with E-state index in [9.17, 15) is 4.39 Å². The number of nitrogens with one attached hydrogen (secondary N) is 1. The van der Waals surface area contributed by atoms with Crippen LogP contribution < -0.4 is 11.3 Å². The van der Waals surface area contributed by atoms with Crippen molar-refractivity contribution in [2.24, 2.45) is 5.84 Å².